The summed E-state index contributed by atoms with van der Waals surface area (Å²) in [6.45, 7) is 3.07. The molecule has 7 heteroatoms. The Kier molecular flexibility index (Phi) is 3.81. The fourth-order valence-electron chi connectivity index (χ4n) is 1.67. The molecule has 0 saturated carbocycles. The quantitative estimate of drug-likeness (QED) is 0.731. The summed E-state index contributed by atoms with van der Waals surface area (Å²) in [6.07, 6.45) is 0.515. The van der Waals surface area contributed by atoms with Crippen LogP contribution in [0.1, 0.15) is 26.7 Å². The van der Waals surface area contributed by atoms with Gasteiger partial charge in [0.15, 0.2) is 9.84 Å². The molecule has 98 valence electrons. The third-order valence-electron chi connectivity index (χ3n) is 3.18. The van der Waals surface area contributed by atoms with E-state index < -0.39 is 33.2 Å². The number of rotatable bonds is 4. The maximum Gasteiger partial charge on any atom is 0.329 e. The standard InChI is InChI=1S/C10H17NO5S/c1-3-10(2,9(13)14)11-8(12)7-4-5-17(15,16)6-7/h7H,3-6H2,1-2H3,(H,11,12)(H,13,14). The highest BCUT2D eigenvalue weighted by Gasteiger charge is 2.38. The Morgan fingerprint density at radius 1 is 1.47 bits per heavy atom. The summed E-state index contributed by atoms with van der Waals surface area (Å²) in [5, 5.41) is 11.4. The van der Waals surface area contributed by atoms with E-state index in [9.17, 15) is 18.0 Å². The molecule has 2 unspecified atom stereocenters. The van der Waals surface area contributed by atoms with Gasteiger partial charge in [-0.1, -0.05) is 6.92 Å². The van der Waals surface area contributed by atoms with Crippen molar-refractivity contribution in [1.29, 1.82) is 0 Å². The lowest BCUT2D eigenvalue weighted by atomic mass is 9.97. The van der Waals surface area contributed by atoms with Gasteiger partial charge in [-0.25, -0.2) is 13.2 Å². The van der Waals surface area contributed by atoms with Crippen LogP contribution in [0, 0.1) is 5.92 Å². The third-order valence-corrected chi connectivity index (χ3v) is 4.95. The molecule has 6 nitrogen and oxygen atoms in total. The van der Waals surface area contributed by atoms with Gasteiger partial charge in [-0.15, -0.1) is 0 Å². The minimum Gasteiger partial charge on any atom is -0.480 e. The van der Waals surface area contributed by atoms with Crippen molar-refractivity contribution in [3.63, 3.8) is 0 Å². The summed E-state index contributed by atoms with van der Waals surface area (Å²) >= 11 is 0. The van der Waals surface area contributed by atoms with E-state index in [0.29, 0.717) is 0 Å². The molecule has 1 aliphatic heterocycles. The topological polar surface area (TPSA) is 101 Å². The first-order chi connectivity index (χ1) is 7.70. The molecule has 0 aromatic heterocycles. The molecular formula is C10H17NO5S. The number of carboxylic acid groups (broad SMARTS) is 1. The minimum absolute atomic E-state index is 0.000989. The zero-order chi connectivity index (χ0) is 13.3. The Hall–Kier alpha value is -1.11. The zero-order valence-electron chi connectivity index (χ0n) is 9.89. The Morgan fingerprint density at radius 3 is 2.41 bits per heavy atom. The van der Waals surface area contributed by atoms with Crippen molar-refractivity contribution in [3.8, 4) is 0 Å². The van der Waals surface area contributed by atoms with Gasteiger partial charge in [0, 0.05) is 0 Å². The van der Waals surface area contributed by atoms with E-state index >= 15 is 0 Å². The number of sulfone groups is 1. The Bertz CT molecular complexity index is 430. The number of hydrogen-bond acceptors (Lipinski definition) is 4. The number of amides is 1. The summed E-state index contributed by atoms with van der Waals surface area (Å²) in [4.78, 5) is 22.8. The van der Waals surface area contributed by atoms with E-state index in [0.717, 1.165) is 0 Å². The zero-order valence-corrected chi connectivity index (χ0v) is 10.7. The molecule has 1 fully saturated rings. The maximum atomic E-state index is 11.8. The predicted octanol–water partition coefficient (Wildman–Crippen LogP) is -0.209. The van der Waals surface area contributed by atoms with E-state index in [4.69, 9.17) is 5.11 Å². The molecule has 1 aliphatic rings. The number of carboxylic acids is 1. The van der Waals surface area contributed by atoms with Crippen molar-refractivity contribution >= 4 is 21.7 Å². The van der Waals surface area contributed by atoms with Crippen LogP contribution in [0.4, 0.5) is 0 Å². The highest BCUT2D eigenvalue weighted by molar-refractivity contribution is 7.91. The van der Waals surface area contributed by atoms with Crippen LogP contribution in [0.15, 0.2) is 0 Å². The average molecular weight is 263 g/mol. The molecule has 0 aromatic rings. The number of carbonyl (C=O) groups excluding carboxylic acids is 1. The smallest absolute Gasteiger partial charge is 0.329 e. The fraction of sp³-hybridized carbons (Fsp3) is 0.800. The largest absolute Gasteiger partial charge is 0.480 e. The summed E-state index contributed by atoms with van der Waals surface area (Å²) in [6, 6.07) is 0. The molecule has 1 rings (SSSR count). The molecule has 2 atom stereocenters. The molecule has 0 aromatic carbocycles. The number of hydrogen-bond donors (Lipinski definition) is 2. The summed E-state index contributed by atoms with van der Waals surface area (Å²) in [5.41, 5.74) is -1.33. The SMILES string of the molecule is CCC(C)(NC(=O)C1CCS(=O)(=O)C1)C(=O)O. The first-order valence-electron chi connectivity index (χ1n) is 5.46. The van der Waals surface area contributed by atoms with E-state index in [1.807, 2.05) is 0 Å². The van der Waals surface area contributed by atoms with Crippen molar-refractivity contribution in [2.45, 2.75) is 32.2 Å². The number of nitrogens with one attached hydrogen (secondary N) is 1. The summed E-state index contributed by atoms with van der Waals surface area (Å²) in [5.74, 6) is -2.41. The van der Waals surface area contributed by atoms with Crippen LogP contribution >= 0.6 is 0 Å². The van der Waals surface area contributed by atoms with Crippen molar-refractivity contribution in [3.05, 3.63) is 0 Å². The molecule has 0 aliphatic carbocycles. The van der Waals surface area contributed by atoms with Crippen LogP contribution in [0.2, 0.25) is 0 Å². The van der Waals surface area contributed by atoms with Crippen LogP contribution < -0.4 is 5.32 Å². The van der Waals surface area contributed by atoms with Gasteiger partial charge >= 0.3 is 5.97 Å². The van der Waals surface area contributed by atoms with Gasteiger partial charge in [0.1, 0.15) is 5.54 Å². The van der Waals surface area contributed by atoms with E-state index in [1.54, 1.807) is 6.92 Å². The van der Waals surface area contributed by atoms with Gasteiger partial charge in [0.2, 0.25) is 5.91 Å². The molecule has 17 heavy (non-hydrogen) atoms. The monoisotopic (exact) mass is 263 g/mol. The van der Waals surface area contributed by atoms with E-state index in [-0.39, 0.29) is 24.3 Å². The van der Waals surface area contributed by atoms with Crippen LogP contribution in [0.5, 0.6) is 0 Å². The maximum absolute atomic E-state index is 11.8. The Morgan fingerprint density at radius 2 is 2.06 bits per heavy atom. The third kappa shape index (κ3) is 3.18. The van der Waals surface area contributed by atoms with Gasteiger partial charge in [-0.3, -0.25) is 4.79 Å². The second-order valence-electron chi connectivity index (χ2n) is 4.58. The van der Waals surface area contributed by atoms with Crippen molar-refractivity contribution in [2.75, 3.05) is 11.5 Å². The highest BCUT2D eigenvalue weighted by Crippen LogP contribution is 2.20. The molecular weight excluding hydrogens is 246 g/mol. The summed E-state index contributed by atoms with van der Waals surface area (Å²) < 4.78 is 22.4. The normalized spacial score (nSPS) is 26.1. The lowest BCUT2D eigenvalue weighted by Crippen LogP contribution is -2.53. The molecule has 0 bridgehead atoms. The second kappa shape index (κ2) is 4.64. The minimum atomic E-state index is -3.13. The van der Waals surface area contributed by atoms with Gasteiger partial charge in [-0.05, 0) is 19.8 Å². The molecule has 0 spiro atoms. The van der Waals surface area contributed by atoms with Crippen LogP contribution in [-0.4, -0.2) is 42.4 Å². The van der Waals surface area contributed by atoms with Gasteiger partial charge in [-0.2, -0.15) is 0 Å². The molecule has 1 heterocycles. The van der Waals surface area contributed by atoms with Crippen molar-refractivity contribution in [1.82, 2.24) is 5.32 Å². The van der Waals surface area contributed by atoms with Crippen LogP contribution in [-0.2, 0) is 19.4 Å². The molecule has 2 N–H and O–H groups in total. The first-order valence-corrected chi connectivity index (χ1v) is 7.28. The number of carbonyl (C=O) groups is 2. The summed E-state index contributed by atoms with van der Waals surface area (Å²) in [7, 11) is -3.13. The number of aliphatic carboxylic acids is 1. The predicted molar refractivity (Wildman–Crippen MR) is 61.2 cm³/mol. The lowest BCUT2D eigenvalue weighted by molar-refractivity contribution is -0.147. The second-order valence-corrected chi connectivity index (χ2v) is 6.81. The Labute approximate surface area is 100 Å². The van der Waals surface area contributed by atoms with Gasteiger partial charge in [0.25, 0.3) is 0 Å². The molecule has 1 amide bonds. The van der Waals surface area contributed by atoms with E-state index in [2.05, 4.69) is 5.32 Å². The van der Waals surface area contributed by atoms with E-state index in [1.165, 1.54) is 6.92 Å². The molecule has 0 radical (unpaired) electrons. The highest BCUT2D eigenvalue weighted by atomic mass is 32.2. The van der Waals surface area contributed by atoms with Crippen LogP contribution in [0.25, 0.3) is 0 Å². The van der Waals surface area contributed by atoms with Crippen LogP contribution in [0.3, 0.4) is 0 Å². The van der Waals surface area contributed by atoms with Gasteiger partial charge in [0.05, 0.1) is 17.4 Å². The van der Waals surface area contributed by atoms with Gasteiger partial charge < -0.3 is 10.4 Å². The average Bonchev–Trinajstić information content (AvgIpc) is 2.58. The van der Waals surface area contributed by atoms with Crippen molar-refractivity contribution in [2.24, 2.45) is 5.92 Å². The first kappa shape index (κ1) is 14.0. The van der Waals surface area contributed by atoms with Crippen molar-refractivity contribution < 1.29 is 23.1 Å². The lowest BCUT2D eigenvalue weighted by Gasteiger charge is -2.26. The molecule has 1 saturated heterocycles. The fourth-order valence-corrected chi connectivity index (χ4v) is 3.41. The Balaban J connectivity index is 2.70.